The number of nitrogens with one attached hydrogen (secondary N) is 1. The normalized spacial score (nSPS) is 13.9. The Hall–Kier alpha value is -3.40. The zero-order chi connectivity index (χ0) is 19.6. The van der Waals surface area contributed by atoms with Crippen LogP contribution < -0.4 is 5.32 Å². The maximum atomic E-state index is 13.0. The Bertz CT molecular complexity index is 1110. The van der Waals surface area contributed by atoms with Crippen molar-refractivity contribution in [3.05, 3.63) is 101 Å². The molecule has 4 aromatic rings. The van der Waals surface area contributed by atoms with Crippen molar-refractivity contribution in [3.8, 4) is 0 Å². The molecule has 0 aliphatic heterocycles. The first kappa shape index (κ1) is 17.7. The standard InChI is InChI=1S/C25H22N2O2/c28-24(15-21-16-29-23-14-20-8-4-7-19(20)13-22(21)23)27-25(17-5-2-1-3-6-17)18-9-11-26-12-10-18/h1-3,5-6,9-14,16,25H,4,7-8,15H2,(H,27,28). The third-order valence-corrected chi connectivity index (χ3v) is 5.70. The van der Waals surface area contributed by atoms with Gasteiger partial charge < -0.3 is 9.73 Å². The van der Waals surface area contributed by atoms with Gasteiger partial charge in [-0.2, -0.15) is 0 Å². The number of hydrogen-bond donors (Lipinski definition) is 1. The number of furan rings is 1. The van der Waals surface area contributed by atoms with Crippen molar-refractivity contribution in [3.63, 3.8) is 0 Å². The summed E-state index contributed by atoms with van der Waals surface area (Å²) >= 11 is 0. The van der Waals surface area contributed by atoms with Gasteiger partial charge in [-0.25, -0.2) is 0 Å². The molecule has 2 heterocycles. The minimum absolute atomic E-state index is 0.0288. The first-order valence-electron chi connectivity index (χ1n) is 10.0. The van der Waals surface area contributed by atoms with Gasteiger partial charge >= 0.3 is 0 Å². The number of amides is 1. The van der Waals surface area contributed by atoms with E-state index in [-0.39, 0.29) is 11.9 Å². The monoisotopic (exact) mass is 382 g/mol. The number of aromatic nitrogens is 1. The van der Waals surface area contributed by atoms with Gasteiger partial charge in [0.05, 0.1) is 18.7 Å². The number of benzene rings is 2. The third-order valence-electron chi connectivity index (χ3n) is 5.70. The zero-order valence-corrected chi connectivity index (χ0v) is 16.1. The van der Waals surface area contributed by atoms with E-state index in [0.29, 0.717) is 6.42 Å². The number of fused-ring (bicyclic) bond motifs is 2. The molecule has 0 saturated carbocycles. The summed E-state index contributed by atoms with van der Waals surface area (Å²) in [6, 6.07) is 18.0. The SMILES string of the molecule is O=C(Cc1coc2cc3c(cc12)CCC3)NC(c1ccccc1)c1ccncc1. The maximum absolute atomic E-state index is 13.0. The first-order valence-corrected chi connectivity index (χ1v) is 10.0. The second-order valence-electron chi connectivity index (χ2n) is 7.60. The maximum Gasteiger partial charge on any atom is 0.225 e. The fourth-order valence-corrected chi connectivity index (χ4v) is 4.23. The van der Waals surface area contributed by atoms with Crippen molar-refractivity contribution in [2.24, 2.45) is 0 Å². The van der Waals surface area contributed by atoms with Crippen LogP contribution in [0.15, 0.2) is 77.7 Å². The van der Waals surface area contributed by atoms with Crippen LogP contribution in [0.2, 0.25) is 0 Å². The number of rotatable bonds is 5. The van der Waals surface area contributed by atoms with Crippen LogP contribution in [0.3, 0.4) is 0 Å². The third kappa shape index (κ3) is 3.54. The van der Waals surface area contributed by atoms with E-state index < -0.39 is 0 Å². The summed E-state index contributed by atoms with van der Waals surface area (Å²) in [7, 11) is 0. The van der Waals surface area contributed by atoms with E-state index in [1.807, 2.05) is 42.5 Å². The molecule has 0 radical (unpaired) electrons. The second-order valence-corrected chi connectivity index (χ2v) is 7.60. The van der Waals surface area contributed by atoms with Crippen LogP contribution in [0, 0.1) is 0 Å². The van der Waals surface area contributed by atoms with Gasteiger partial charge in [0.1, 0.15) is 5.58 Å². The molecule has 5 rings (SSSR count). The summed E-state index contributed by atoms with van der Waals surface area (Å²) in [5.41, 5.74) is 6.64. The highest BCUT2D eigenvalue weighted by atomic mass is 16.3. The Kier molecular flexibility index (Phi) is 4.60. The van der Waals surface area contributed by atoms with Gasteiger partial charge in [0.2, 0.25) is 5.91 Å². The van der Waals surface area contributed by atoms with Crippen molar-refractivity contribution in [1.29, 1.82) is 0 Å². The van der Waals surface area contributed by atoms with Crippen LogP contribution in [0.5, 0.6) is 0 Å². The minimum Gasteiger partial charge on any atom is -0.464 e. The van der Waals surface area contributed by atoms with Crippen molar-refractivity contribution in [2.45, 2.75) is 31.7 Å². The average Bonchev–Trinajstić information content (AvgIpc) is 3.38. The molecule has 1 aliphatic rings. The lowest BCUT2D eigenvalue weighted by molar-refractivity contribution is -0.120. The van der Waals surface area contributed by atoms with Gasteiger partial charge in [-0.05, 0) is 65.8 Å². The molecular weight excluding hydrogens is 360 g/mol. The van der Waals surface area contributed by atoms with Crippen LogP contribution in [-0.4, -0.2) is 10.9 Å². The second kappa shape index (κ2) is 7.55. The van der Waals surface area contributed by atoms with Crippen LogP contribution in [0.4, 0.5) is 0 Å². The summed E-state index contributed by atoms with van der Waals surface area (Å²) in [5, 5.41) is 4.25. The van der Waals surface area contributed by atoms with Crippen LogP contribution in [0.25, 0.3) is 11.0 Å². The van der Waals surface area contributed by atoms with E-state index in [1.54, 1.807) is 18.7 Å². The molecular formula is C25H22N2O2. The molecule has 1 unspecified atom stereocenters. The Labute approximate surface area is 169 Å². The highest BCUT2D eigenvalue weighted by Crippen LogP contribution is 2.31. The summed E-state index contributed by atoms with van der Waals surface area (Å²) in [6.45, 7) is 0. The number of aryl methyl sites for hydroxylation is 2. The van der Waals surface area contributed by atoms with Gasteiger partial charge in [-0.15, -0.1) is 0 Å². The van der Waals surface area contributed by atoms with E-state index in [1.165, 1.54) is 17.5 Å². The molecule has 2 aromatic heterocycles. The van der Waals surface area contributed by atoms with Crippen LogP contribution in [0.1, 0.15) is 40.3 Å². The smallest absolute Gasteiger partial charge is 0.225 e. The van der Waals surface area contributed by atoms with Crippen molar-refractivity contribution in [2.75, 3.05) is 0 Å². The zero-order valence-electron chi connectivity index (χ0n) is 16.1. The van der Waals surface area contributed by atoms with Gasteiger partial charge in [0.25, 0.3) is 0 Å². The van der Waals surface area contributed by atoms with Gasteiger partial charge in [-0.1, -0.05) is 30.3 Å². The highest BCUT2D eigenvalue weighted by molar-refractivity contribution is 5.89. The molecule has 0 fully saturated rings. The topological polar surface area (TPSA) is 55.1 Å². The van der Waals surface area contributed by atoms with E-state index in [0.717, 1.165) is 40.5 Å². The molecule has 0 bridgehead atoms. The van der Waals surface area contributed by atoms with Gasteiger partial charge in [-0.3, -0.25) is 9.78 Å². The quantitative estimate of drug-likeness (QED) is 0.541. The van der Waals surface area contributed by atoms with E-state index in [9.17, 15) is 4.79 Å². The number of hydrogen-bond acceptors (Lipinski definition) is 3. The van der Waals surface area contributed by atoms with Crippen LogP contribution in [-0.2, 0) is 24.1 Å². The lowest BCUT2D eigenvalue weighted by atomic mass is 9.99. The molecule has 1 amide bonds. The summed E-state index contributed by atoms with van der Waals surface area (Å²) in [6.07, 6.45) is 8.95. The number of carbonyl (C=O) groups is 1. The highest BCUT2D eigenvalue weighted by Gasteiger charge is 2.20. The Balaban J connectivity index is 1.41. The predicted molar refractivity (Wildman–Crippen MR) is 113 cm³/mol. The summed E-state index contributed by atoms with van der Waals surface area (Å²) in [4.78, 5) is 17.1. The molecule has 4 nitrogen and oxygen atoms in total. The van der Waals surface area contributed by atoms with E-state index in [4.69, 9.17) is 4.42 Å². The lowest BCUT2D eigenvalue weighted by Crippen LogP contribution is -2.30. The average molecular weight is 382 g/mol. The van der Waals surface area contributed by atoms with Crippen molar-refractivity contribution in [1.82, 2.24) is 10.3 Å². The summed E-state index contributed by atoms with van der Waals surface area (Å²) in [5.74, 6) is -0.0288. The molecule has 1 N–H and O–H groups in total. The number of pyridine rings is 1. The molecule has 144 valence electrons. The predicted octanol–water partition coefficient (Wildman–Crippen LogP) is 4.76. The van der Waals surface area contributed by atoms with Crippen molar-refractivity contribution >= 4 is 16.9 Å². The molecule has 4 heteroatoms. The molecule has 2 aromatic carbocycles. The molecule has 0 saturated heterocycles. The van der Waals surface area contributed by atoms with E-state index in [2.05, 4.69) is 22.4 Å². The Morgan fingerprint density at radius 1 is 1.00 bits per heavy atom. The summed E-state index contributed by atoms with van der Waals surface area (Å²) < 4.78 is 5.76. The molecule has 1 atom stereocenters. The molecule has 1 aliphatic carbocycles. The lowest BCUT2D eigenvalue weighted by Gasteiger charge is -2.19. The fourth-order valence-electron chi connectivity index (χ4n) is 4.23. The largest absolute Gasteiger partial charge is 0.464 e. The first-order chi connectivity index (χ1) is 14.3. The molecule has 29 heavy (non-hydrogen) atoms. The number of nitrogens with zero attached hydrogens (tertiary/aromatic N) is 1. The minimum atomic E-state index is -0.214. The Morgan fingerprint density at radius 3 is 2.52 bits per heavy atom. The van der Waals surface area contributed by atoms with Gasteiger partial charge in [0.15, 0.2) is 0 Å². The van der Waals surface area contributed by atoms with Crippen LogP contribution >= 0.6 is 0 Å². The number of carbonyl (C=O) groups excluding carboxylic acids is 1. The van der Waals surface area contributed by atoms with E-state index >= 15 is 0 Å². The van der Waals surface area contributed by atoms with Crippen molar-refractivity contribution < 1.29 is 9.21 Å². The fraction of sp³-hybridized carbons (Fsp3) is 0.200. The Morgan fingerprint density at radius 2 is 1.72 bits per heavy atom. The van der Waals surface area contributed by atoms with Gasteiger partial charge in [0, 0.05) is 23.3 Å². The molecule has 0 spiro atoms.